The van der Waals surface area contributed by atoms with Crippen molar-refractivity contribution in [3.05, 3.63) is 78.0 Å². The van der Waals surface area contributed by atoms with Crippen LogP contribution in [0.5, 0.6) is 0 Å². The van der Waals surface area contributed by atoms with Crippen molar-refractivity contribution in [2.24, 2.45) is 11.8 Å². The average molecular weight is 440 g/mol. The molecule has 1 amide bonds. The van der Waals surface area contributed by atoms with Gasteiger partial charge in [-0.05, 0) is 67.3 Å². The van der Waals surface area contributed by atoms with Crippen molar-refractivity contribution in [2.45, 2.75) is 56.5 Å². The van der Waals surface area contributed by atoms with Crippen molar-refractivity contribution >= 4 is 16.8 Å². The number of nitrogens with one attached hydrogen (secondary N) is 1. The monoisotopic (exact) mass is 439 g/mol. The molecule has 3 aliphatic heterocycles. The highest BCUT2D eigenvalue weighted by atomic mass is 16.2. The van der Waals surface area contributed by atoms with Crippen molar-refractivity contribution < 1.29 is 4.79 Å². The molecule has 170 valence electrons. The fraction of sp³-hybridized carbons (Fsp3) is 0.448. The Kier molecular flexibility index (Phi) is 5.21. The van der Waals surface area contributed by atoms with Crippen LogP contribution in [-0.4, -0.2) is 34.9 Å². The van der Waals surface area contributed by atoms with E-state index in [1.54, 1.807) is 0 Å². The van der Waals surface area contributed by atoms with Gasteiger partial charge in [0.2, 0.25) is 5.91 Å². The minimum absolute atomic E-state index is 0.0211. The first-order valence-corrected chi connectivity index (χ1v) is 12.6. The number of amides is 1. The number of carbonyl (C=O) groups excluding carboxylic acids is 1. The normalized spacial score (nSPS) is 28.4. The van der Waals surface area contributed by atoms with E-state index in [2.05, 4.69) is 58.5 Å². The lowest BCUT2D eigenvalue weighted by Crippen LogP contribution is -2.58. The zero-order valence-corrected chi connectivity index (χ0v) is 19.4. The Balaban J connectivity index is 1.38. The molecule has 4 heterocycles. The summed E-state index contributed by atoms with van der Waals surface area (Å²) < 4.78 is 0. The van der Waals surface area contributed by atoms with E-state index < -0.39 is 0 Å². The molecule has 0 radical (unpaired) electrons. The van der Waals surface area contributed by atoms with Crippen molar-refractivity contribution in [3.63, 3.8) is 0 Å². The fourth-order valence-corrected chi connectivity index (χ4v) is 6.57. The number of carbonyl (C=O) groups is 1. The van der Waals surface area contributed by atoms with Crippen LogP contribution in [0.15, 0.2) is 66.9 Å². The third-order valence-electron chi connectivity index (χ3n) is 8.66. The van der Waals surface area contributed by atoms with Gasteiger partial charge < -0.3 is 5.32 Å². The Labute approximate surface area is 196 Å². The first kappa shape index (κ1) is 20.9. The van der Waals surface area contributed by atoms with E-state index in [9.17, 15) is 4.79 Å². The van der Waals surface area contributed by atoms with Gasteiger partial charge >= 0.3 is 0 Å². The quantitative estimate of drug-likeness (QED) is 0.571. The Morgan fingerprint density at radius 1 is 1.12 bits per heavy atom. The van der Waals surface area contributed by atoms with Gasteiger partial charge in [0, 0.05) is 24.2 Å². The fourth-order valence-electron chi connectivity index (χ4n) is 6.57. The molecule has 3 saturated heterocycles. The largest absolute Gasteiger partial charge is 0.347 e. The summed E-state index contributed by atoms with van der Waals surface area (Å²) >= 11 is 0. The zero-order valence-electron chi connectivity index (χ0n) is 19.4. The molecule has 7 rings (SSSR count). The third-order valence-corrected chi connectivity index (χ3v) is 8.66. The molecule has 5 unspecified atom stereocenters. The lowest BCUT2D eigenvalue weighted by Gasteiger charge is -2.52. The highest BCUT2D eigenvalue weighted by molar-refractivity contribution is 5.92. The van der Waals surface area contributed by atoms with E-state index in [1.807, 2.05) is 30.5 Å². The molecule has 2 bridgehead atoms. The molecule has 3 aromatic rings. The Morgan fingerprint density at radius 2 is 1.91 bits per heavy atom. The molecule has 4 nitrogen and oxygen atoms in total. The maximum atomic E-state index is 13.9. The summed E-state index contributed by atoms with van der Waals surface area (Å²) in [6, 6.07) is 21.2. The first-order chi connectivity index (χ1) is 16.2. The molecule has 2 aromatic carbocycles. The van der Waals surface area contributed by atoms with Crippen LogP contribution in [0.2, 0.25) is 0 Å². The predicted octanol–water partition coefficient (Wildman–Crippen LogP) is 5.24. The molecule has 4 aliphatic rings. The number of nitrogens with zero attached hydrogens (tertiary/aromatic N) is 2. The molecule has 5 atom stereocenters. The van der Waals surface area contributed by atoms with Crippen molar-refractivity contribution in [2.75, 3.05) is 13.1 Å². The smallest absolute Gasteiger partial charge is 0.231 e. The van der Waals surface area contributed by atoms with E-state index in [1.165, 1.54) is 24.8 Å². The number of hydrogen-bond acceptors (Lipinski definition) is 3. The lowest BCUT2D eigenvalue weighted by molar-refractivity contribution is -0.125. The second-order valence-corrected chi connectivity index (χ2v) is 10.3. The molecule has 4 heteroatoms. The minimum atomic E-state index is -0.364. The lowest BCUT2D eigenvalue weighted by atomic mass is 9.72. The number of pyridine rings is 1. The van der Waals surface area contributed by atoms with Crippen molar-refractivity contribution in [1.82, 2.24) is 15.2 Å². The molecule has 0 spiro atoms. The predicted molar refractivity (Wildman–Crippen MR) is 132 cm³/mol. The molecule has 1 aliphatic carbocycles. The number of para-hydroxylation sites is 1. The van der Waals surface area contributed by atoms with Gasteiger partial charge in [0.1, 0.15) is 0 Å². The minimum Gasteiger partial charge on any atom is -0.347 e. The third kappa shape index (κ3) is 3.56. The SMILES string of the molecule is CCC1CN2CCC1CC2C(NC(=O)C1(c2ccccc2)CC1)c1ccnc2ccccc12. The van der Waals surface area contributed by atoms with Crippen LogP contribution in [-0.2, 0) is 10.2 Å². The van der Waals surface area contributed by atoms with Crippen LogP contribution in [0, 0.1) is 11.8 Å². The second kappa shape index (κ2) is 8.25. The van der Waals surface area contributed by atoms with E-state index in [0.717, 1.165) is 54.2 Å². The number of fused-ring (bicyclic) bond motifs is 4. The maximum absolute atomic E-state index is 13.9. The van der Waals surface area contributed by atoms with Crippen LogP contribution in [0.25, 0.3) is 10.9 Å². The molecular formula is C29H33N3O. The van der Waals surface area contributed by atoms with Crippen LogP contribution in [0.1, 0.15) is 56.2 Å². The van der Waals surface area contributed by atoms with Gasteiger partial charge in [-0.1, -0.05) is 61.9 Å². The average Bonchev–Trinajstić information content (AvgIpc) is 3.70. The van der Waals surface area contributed by atoms with E-state index in [-0.39, 0.29) is 17.4 Å². The summed E-state index contributed by atoms with van der Waals surface area (Å²) in [7, 11) is 0. The van der Waals surface area contributed by atoms with Gasteiger partial charge in [0.15, 0.2) is 0 Å². The molecule has 33 heavy (non-hydrogen) atoms. The van der Waals surface area contributed by atoms with Crippen LogP contribution < -0.4 is 5.32 Å². The van der Waals surface area contributed by atoms with Crippen molar-refractivity contribution in [1.29, 1.82) is 0 Å². The topological polar surface area (TPSA) is 45.2 Å². The molecular weight excluding hydrogens is 406 g/mol. The van der Waals surface area contributed by atoms with Gasteiger partial charge in [-0.2, -0.15) is 0 Å². The Morgan fingerprint density at radius 3 is 2.64 bits per heavy atom. The first-order valence-electron chi connectivity index (χ1n) is 12.6. The van der Waals surface area contributed by atoms with Gasteiger partial charge in [0.25, 0.3) is 0 Å². The summed E-state index contributed by atoms with van der Waals surface area (Å²) in [6.07, 6.45) is 7.48. The van der Waals surface area contributed by atoms with E-state index >= 15 is 0 Å². The summed E-state index contributed by atoms with van der Waals surface area (Å²) in [6.45, 7) is 4.63. The summed E-state index contributed by atoms with van der Waals surface area (Å²) in [5.74, 6) is 1.75. The summed E-state index contributed by atoms with van der Waals surface area (Å²) in [5, 5.41) is 4.76. The molecule has 4 fully saturated rings. The highest BCUT2D eigenvalue weighted by Crippen LogP contribution is 2.49. The van der Waals surface area contributed by atoms with Gasteiger partial charge in [0.05, 0.1) is 17.0 Å². The summed E-state index contributed by atoms with van der Waals surface area (Å²) in [4.78, 5) is 21.1. The molecule has 1 N–H and O–H groups in total. The second-order valence-electron chi connectivity index (χ2n) is 10.3. The van der Waals surface area contributed by atoms with E-state index in [4.69, 9.17) is 0 Å². The number of aromatic nitrogens is 1. The Hall–Kier alpha value is -2.72. The van der Waals surface area contributed by atoms with E-state index in [0.29, 0.717) is 6.04 Å². The number of hydrogen-bond donors (Lipinski definition) is 1. The van der Waals surface area contributed by atoms with Gasteiger partial charge in [-0.25, -0.2) is 0 Å². The molecule has 1 saturated carbocycles. The zero-order chi connectivity index (χ0) is 22.4. The van der Waals surface area contributed by atoms with Gasteiger partial charge in [-0.3, -0.25) is 14.7 Å². The van der Waals surface area contributed by atoms with Crippen LogP contribution in [0.3, 0.4) is 0 Å². The standard InChI is InChI=1S/C29H33N3O/c1-2-20-19-32-17-13-21(20)18-26(32)27(24-12-16-30-25-11-7-6-10-23(24)25)31-28(33)29(14-15-29)22-8-4-3-5-9-22/h3-12,16,20-21,26-27H,2,13-15,17-19H2,1H3,(H,31,33). The van der Waals surface area contributed by atoms with Crippen molar-refractivity contribution in [3.8, 4) is 0 Å². The number of piperidine rings is 3. The van der Waals surface area contributed by atoms with Crippen LogP contribution in [0.4, 0.5) is 0 Å². The molecule has 1 aromatic heterocycles. The summed E-state index contributed by atoms with van der Waals surface area (Å²) in [5.41, 5.74) is 3.00. The number of rotatable bonds is 6. The maximum Gasteiger partial charge on any atom is 0.231 e. The highest BCUT2D eigenvalue weighted by Gasteiger charge is 2.53. The van der Waals surface area contributed by atoms with Crippen LogP contribution >= 0.6 is 0 Å². The number of benzene rings is 2. The Bertz CT molecular complexity index is 1150. The van der Waals surface area contributed by atoms with Gasteiger partial charge in [-0.15, -0.1) is 0 Å².